The molecule has 5 rings (SSSR count). The van der Waals surface area contributed by atoms with E-state index >= 15 is 0 Å². The van der Waals surface area contributed by atoms with Crippen LogP contribution in [0, 0.1) is 0 Å². The van der Waals surface area contributed by atoms with Gasteiger partial charge in [-0.25, -0.2) is 0 Å². The number of methoxy groups -OCH3 is 1. The number of ether oxygens (including phenoxy) is 3. The first-order valence-electron chi connectivity index (χ1n) is 9.99. The van der Waals surface area contributed by atoms with Gasteiger partial charge in [0.1, 0.15) is 35.8 Å². The van der Waals surface area contributed by atoms with Crippen LogP contribution in [-0.2, 0) is 13.1 Å². The second kappa shape index (κ2) is 8.16. The summed E-state index contributed by atoms with van der Waals surface area (Å²) in [7, 11) is 1.60. The van der Waals surface area contributed by atoms with Crippen LogP contribution in [0.3, 0.4) is 0 Å². The van der Waals surface area contributed by atoms with Crippen molar-refractivity contribution in [3.05, 3.63) is 94.3 Å². The molecule has 0 saturated carbocycles. The van der Waals surface area contributed by atoms with Gasteiger partial charge >= 0.3 is 0 Å². The molecule has 0 fully saturated rings. The first-order valence-corrected chi connectivity index (χ1v) is 9.99. The monoisotopic (exact) mass is 415 g/mol. The molecule has 3 aromatic carbocycles. The lowest BCUT2D eigenvalue weighted by Gasteiger charge is -2.29. The minimum absolute atomic E-state index is 0.135. The fourth-order valence-corrected chi connectivity index (χ4v) is 3.72. The Labute approximate surface area is 179 Å². The van der Waals surface area contributed by atoms with E-state index in [9.17, 15) is 4.79 Å². The van der Waals surface area contributed by atoms with Gasteiger partial charge in [-0.2, -0.15) is 0 Å². The van der Waals surface area contributed by atoms with Gasteiger partial charge in [-0.3, -0.25) is 9.69 Å². The van der Waals surface area contributed by atoms with Gasteiger partial charge in [0.05, 0.1) is 18.1 Å². The molecule has 0 N–H and O–H groups in total. The second-order valence-corrected chi connectivity index (χ2v) is 7.37. The highest BCUT2D eigenvalue weighted by Crippen LogP contribution is 2.33. The van der Waals surface area contributed by atoms with Crippen molar-refractivity contribution >= 4 is 11.0 Å². The van der Waals surface area contributed by atoms with Crippen LogP contribution in [0.5, 0.6) is 23.0 Å². The van der Waals surface area contributed by atoms with Gasteiger partial charge in [0, 0.05) is 13.1 Å². The van der Waals surface area contributed by atoms with E-state index in [4.69, 9.17) is 18.6 Å². The molecule has 4 aromatic rings. The van der Waals surface area contributed by atoms with Gasteiger partial charge < -0.3 is 18.6 Å². The summed E-state index contributed by atoms with van der Waals surface area (Å²) in [5, 5.41) is 0.468. The molecule has 1 aromatic heterocycles. The fraction of sp³-hybridized carbons (Fsp3) is 0.160. The summed E-state index contributed by atoms with van der Waals surface area (Å²) in [5.41, 5.74) is 2.38. The molecule has 1 aliphatic heterocycles. The van der Waals surface area contributed by atoms with E-state index in [0.717, 1.165) is 17.9 Å². The van der Waals surface area contributed by atoms with Crippen molar-refractivity contribution in [1.29, 1.82) is 0 Å². The summed E-state index contributed by atoms with van der Waals surface area (Å²) < 4.78 is 22.7. The second-order valence-electron chi connectivity index (χ2n) is 7.37. The summed E-state index contributed by atoms with van der Waals surface area (Å²) in [6.07, 6.45) is 1.37. The highest BCUT2D eigenvalue weighted by Gasteiger charge is 2.23. The summed E-state index contributed by atoms with van der Waals surface area (Å²) in [6.45, 7) is 1.86. The largest absolute Gasteiger partial charge is 0.497 e. The lowest BCUT2D eigenvalue weighted by atomic mass is 10.1. The Kier molecular flexibility index (Phi) is 5.06. The number of hydrogen-bond donors (Lipinski definition) is 0. The van der Waals surface area contributed by atoms with Crippen molar-refractivity contribution in [3.8, 4) is 23.0 Å². The molecule has 0 bridgehead atoms. The summed E-state index contributed by atoms with van der Waals surface area (Å²) in [6, 6.07) is 20.8. The first-order chi connectivity index (χ1) is 15.2. The van der Waals surface area contributed by atoms with Crippen LogP contribution < -0.4 is 19.6 Å². The molecule has 0 amide bonds. The smallest absolute Gasteiger partial charge is 0.235 e. The Morgan fingerprint density at radius 1 is 0.968 bits per heavy atom. The number of rotatable bonds is 5. The molecule has 0 saturated heterocycles. The molecule has 0 radical (unpaired) electrons. The molecular formula is C25H21NO5. The number of hydrogen-bond acceptors (Lipinski definition) is 6. The fourth-order valence-electron chi connectivity index (χ4n) is 3.72. The summed E-state index contributed by atoms with van der Waals surface area (Å²) >= 11 is 0. The lowest BCUT2D eigenvalue weighted by Crippen LogP contribution is -2.31. The maximum atomic E-state index is 13.1. The van der Waals surface area contributed by atoms with E-state index in [1.807, 2.05) is 24.3 Å². The number of benzene rings is 3. The average Bonchev–Trinajstić information content (AvgIpc) is 2.82. The molecule has 6 heteroatoms. The van der Waals surface area contributed by atoms with Crippen LogP contribution >= 0.6 is 0 Å². The average molecular weight is 415 g/mol. The standard InChI is InChI=1S/C25H21NO5/c1-28-18-7-9-19(10-8-18)31-23-15-29-25-20(24(23)27)11-12-22-21(25)14-26(16-30-22)13-17-5-3-2-4-6-17/h2-12,15H,13-14,16H2,1H3. The predicted molar refractivity (Wildman–Crippen MR) is 117 cm³/mol. The lowest BCUT2D eigenvalue weighted by molar-refractivity contribution is 0.0890. The zero-order valence-electron chi connectivity index (χ0n) is 17.0. The van der Waals surface area contributed by atoms with Crippen molar-refractivity contribution in [2.45, 2.75) is 13.1 Å². The van der Waals surface area contributed by atoms with Crippen molar-refractivity contribution < 1.29 is 18.6 Å². The summed E-state index contributed by atoms with van der Waals surface area (Å²) in [5.74, 6) is 2.12. The van der Waals surface area contributed by atoms with E-state index in [1.165, 1.54) is 11.8 Å². The normalized spacial score (nSPS) is 13.5. The topological polar surface area (TPSA) is 61.1 Å². The molecule has 0 atom stereocenters. The highest BCUT2D eigenvalue weighted by atomic mass is 16.5. The first kappa shape index (κ1) is 19.2. The molecule has 0 unspecified atom stereocenters. The number of fused-ring (bicyclic) bond motifs is 3. The van der Waals surface area contributed by atoms with Crippen molar-refractivity contribution in [1.82, 2.24) is 4.90 Å². The highest BCUT2D eigenvalue weighted by molar-refractivity contribution is 5.83. The minimum Gasteiger partial charge on any atom is -0.497 e. The van der Waals surface area contributed by atoms with Crippen molar-refractivity contribution in [2.24, 2.45) is 0 Å². The van der Waals surface area contributed by atoms with Gasteiger partial charge in [0.2, 0.25) is 11.2 Å². The zero-order valence-corrected chi connectivity index (χ0v) is 17.0. The van der Waals surface area contributed by atoms with Gasteiger partial charge in [0.25, 0.3) is 0 Å². The maximum absolute atomic E-state index is 13.1. The molecule has 6 nitrogen and oxygen atoms in total. The molecule has 0 spiro atoms. The van der Waals surface area contributed by atoms with Gasteiger partial charge in [-0.15, -0.1) is 0 Å². The molecular weight excluding hydrogens is 394 g/mol. The SMILES string of the molecule is COc1ccc(Oc2coc3c4c(ccc3c2=O)OCN(Cc2ccccc2)C4)cc1. The Balaban J connectivity index is 1.44. The van der Waals surface area contributed by atoms with Gasteiger partial charge in [0.15, 0.2) is 0 Å². The zero-order chi connectivity index (χ0) is 21.2. The Bertz CT molecular complexity index is 1270. The van der Waals surface area contributed by atoms with Crippen LogP contribution in [-0.4, -0.2) is 18.7 Å². The number of nitrogens with zero attached hydrogens (tertiary/aromatic N) is 1. The van der Waals surface area contributed by atoms with Crippen LogP contribution in [0.4, 0.5) is 0 Å². The third-order valence-corrected chi connectivity index (χ3v) is 5.29. The molecule has 31 heavy (non-hydrogen) atoms. The predicted octanol–water partition coefficient (Wildman–Crippen LogP) is 4.95. The van der Waals surface area contributed by atoms with E-state index in [1.54, 1.807) is 37.4 Å². The van der Waals surface area contributed by atoms with E-state index in [0.29, 0.717) is 35.7 Å². The van der Waals surface area contributed by atoms with E-state index < -0.39 is 0 Å². The van der Waals surface area contributed by atoms with Crippen LogP contribution in [0.25, 0.3) is 11.0 Å². The van der Waals surface area contributed by atoms with Crippen molar-refractivity contribution in [3.63, 3.8) is 0 Å². The molecule has 2 heterocycles. The Morgan fingerprint density at radius 2 is 1.74 bits per heavy atom. The maximum Gasteiger partial charge on any atom is 0.235 e. The van der Waals surface area contributed by atoms with Gasteiger partial charge in [-0.1, -0.05) is 30.3 Å². The molecule has 1 aliphatic rings. The van der Waals surface area contributed by atoms with Crippen molar-refractivity contribution in [2.75, 3.05) is 13.8 Å². The molecule has 156 valence electrons. The van der Waals surface area contributed by atoms with Gasteiger partial charge in [-0.05, 0) is 42.0 Å². The minimum atomic E-state index is -0.222. The van der Waals surface area contributed by atoms with Crippen LogP contribution in [0.15, 0.2) is 82.2 Å². The quantitative estimate of drug-likeness (QED) is 0.460. The van der Waals surface area contributed by atoms with Crippen LogP contribution in [0.2, 0.25) is 0 Å². The summed E-state index contributed by atoms with van der Waals surface area (Å²) in [4.78, 5) is 15.2. The third-order valence-electron chi connectivity index (χ3n) is 5.29. The van der Waals surface area contributed by atoms with E-state index in [-0.39, 0.29) is 11.2 Å². The Hall–Kier alpha value is -3.77. The Morgan fingerprint density at radius 3 is 2.52 bits per heavy atom. The molecule has 0 aliphatic carbocycles. The van der Waals surface area contributed by atoms with E-state index in [2.05, 4.69) is 17.0 Å². The van der Waals surface area contributed by atoms with Crippen LogP contribution in [0.1, 0.15) is 11.1 Å². The third kappa shape index (κ3) is 3.85.